The monoisotopic (exact) mass is 352 g/mol. The first-order valence-corrected chi connectivity index (χ1v) is 8.26. The van der Waals surface area contributed by atoms with Gasteiger partial charge in [0, 0.05) is 24.6 Å². The Kier molecular flexibility index (Phi) is 6.57. The molecule has 0 aliphatic rings. The Morgan fingerprint density at radius 2 is 2.04 bits per heavy atom. The number of aryl methyl sites for hydroxylation is 1. The van der Waals surface area contributed by atoms with Crippen LogP contribution in [0.3, 0.4) is 0 Å². The van der Waals surface area contributed by atoms with Crippen molar-refractivity contribution in [3.05, 3.63) is 45.6 Å². The summed E-state index contributed by atoms with van der Waals surface area (Å²) in [6.07, 6.45) is 1.88. The van der Waals surface area contributed by atoms with Crippen molar-refractivity contribution in [1.82, 2.24) is 19.7 Å². The predicted molar refractivity (Wildman–Crippen MR) is 91.5 cm³/mol. The highest BCUT2D eigenvalue weighted by atomic mass is 35.5. The molecule has 2 N–H and O–H groups in total. The van der Waals surface area contributed by atoms with E-state index in [1.807, 2.05) is 6.92 Å². The molecular formula is C16H21ClN4O3. The Hall–Kier alpha value is -2.12. The molecule has 0 fully saturated rings. The highest BCUT2D eigenvalue weighted by molar-refractivity contribution is 6.30. The summed E-state index contributed by atoms with van der Waals surface area (Å²) in [5, 5.41) is 16.3. The quantitative estimate of drug-likeness (QED) is 0.697. The van der Waals surface area contributed by atoms with Gasteiger partial charge in [-0.15, -0.1) is 5.10 Å². The van der Waals surface area contributed by atoms with E-state index in [-0.39, 0.29) is 24.7 Å². The SMILES string of the molecule is CCCc1nn(-c2ccc(Cl)cc2)c(=O)n1CC(=O)NCCCO. The fourth-order valence-electron chi connectivity index (χ4n) is 2.26. The lowest BCUT2D eigenvalue weighted by atomic mass is 10.3. The summed E-state index contributed by atoms with van der Waals surface area (Å²) in [6.45, 7) is 2.28. The Bertz CT molecular complexity index is 737. The molecule has 0 saturated carbocycles. The molecule has 0 aliphatic heterocycles. The smallest absolute Gasteiger partial charge is 0.351 e. The van der Waals surface area contributed by atoms with Gasteiger partial charge in [0.2, 0.25) is 5.91 Å². The normalized spacial score (nSPS) is 10.8. The second kappa shape index (κ2) is 8.65. The number of hydrogen-bond acceptors (Lipinski definition) is 4. The number of carbonyl (C=O) groups excluding carboxylic acids is 1. The van der Waals surface area contributed by atoms with Crippen LogP contribution in [0.4, 0.5) is 0 Å². The Morgan fingerprint density at radius 3 is 2.67 bits per heavy atom. The lowest BCUT2D eigenvalue weighted by Crippen LogP contribution is -2.34. The van der Waals surface area contributed by atoms with Gasteiger partial charge in [0.25, 0.3) is 0 Å². The van der Waals surface area contributed by atoms with Crippen LogP contribution in [0, 0.1) is 0 Å². The van der Waals surface area contributed by atoms with Crippen LogP contribution in [0.15, 0.2) is 29.1 Å². The maximum Gasteiger partial charge on any atom is 0.351 e. The van der Waals surface area contributed by atoms with E-state index in [0.717, 1.165) is 6.42 Å². The average molecular weight is 353 g/mol. The van der Waals surface area contributed by atoms with Crippen molar-refractivity contribution in [3.8, 4) is 5.69 Å². The Balaban J connectivity index is 2.27. The van der Waals surface area contributed by atoms with E-state index >= 15 is 0 Å². The predicted octanol–water partition coefficient (Wildman–Crippen LogP) is 1.14. The van der Waals surface area contributed by atoms with Crippen LogP contribution >= 0.6 is 11.6 Å². The topological polar surface area (TPSA) is 89.2 Å². The number of rotatable bonds is 8. The van der Waals surface area contributed by atoms with E-state index < -0.39 is 0 Å². The van der Waals surface area contributed by atoms with E-state index in [1.165, 1.54) is 9.25 Å². The third-order valence-electron chi connectivity index (χ3n) is 3.44. The summed E-state index contributed by atoms with van der Waals surface area (Å²) in [6, 6.07) is 6.78. The van der Waals surface area contributed by atoms with Crippen LogP contribution in [-0.2, 0) is 17.8 Å². The van der Waals surface area contributed by atoms with Crippen molar-refractivity contribution in [3.63, 3.8) is 0 Å². The molecule has 0 aliphatic carbocycles. The molecule has 130 valence electrons. The van der Waals surface area contributed by atoms with Crippen LogP contribution in [0.25, 0.3) is 5.69 Å². The van der Waals surface area contributed by atoms with Gasteiger partial charge < -0.3 is 10.4 Å². The molecule has 0 spiro atoms. The maximum atomic E-state index is 12.6. The van der Waals surface area contributed by atoms with E-state index in [0.29, 0.717) is 35.9 Å². The molecule has 1 heterocycles. The first kappa shape index (κ1) is 18.2. The van der Waals surface area contributed by atoms with Gasteiger partial charge in [0.05, 0.1) is 5.69 Å². The third-order valence-corrected chi connectivity index (χ3v) is 3.69. The van der Waals surface area contributed by atoms with Crippen molar-refractivity contribution < 1.29 is 9.90 Å². The van der Waals surface area contributed by atoms with Gasteiger partial charge in [-0.1, -0.05) is 18.5 Å². The van der Waals surface area contributed by atoms with Gasteiger partial charge in [-0.05, 0) is 37.1 Å². The highest BCUT2D eigenvalue weighted by Gasteiger charge is 2.16. The largest absolute Gasteiger partial charge is 0.396 e. The highest BCUT2D eigenvalue weighted by Crippen LogP contribution is 2.12. The summed E-state index contributed by atoms with van der Waals surface area (Å²) in [7, 11) is 0. The molecule has 1 aromatic carbocycles. The summed E-state index contributed by atoms with van der Waals surface area (Å²) >= 11 is 5.87. The zero-order valence-electron chi connectivity index (χ0n) is 13.5. The minimum Gasteiger partial charge on any atom is -0.396 e. The lowest BCUT2D eigenvalue weighted by molar-refractivity contribution is -0.121. The molecule has 8 heteroatoms. The minimum absolute atomic E-state index is 0.00973. The second-order valence-corrected chi connectivity index (χ2v) is 5.79. The Morgan fingerprint density at radius 1 is 1.33 bits per heavy atom. The van der Waals surface area contributed by atoms with E-state index in [4.69, 9.17) is 16.7 Å². The van der Waals surface area contributed by atoms with Gasteiger partial charge in [0.1, 0.15) is 12.4 Å². The maximum absolute atomic E-state index is 12.6. The molecule has 1 amide bonds. The molecule has 0 saturated heterocycles. The summed E-state index contributed by atoms with van der Waals surface area (Å²) in [4.78, 5) is 24.6. The van der Waals surface area contributed by atoms with Gasteiger partial charge in [-0.3, -0.25) is 9.36 Å². The van der Waals surface area contributed by atoms with Gasteiger partial charge in [-0.25, -0.2) is 4.79 Å². The van der Waals surface area contributed by atoms with Crippen LogP contribution in [0.1, 0.15) is 25.6 Å². The number of amides is 1. The number of nitrogens with zero attached hydrogens (tertiary/aromatic N) is 3. The number of halogens is 1. The second-order valence-electron chi connectivity index (χ2n) is 5.35. The van der Waals surface area contributed by atoms with Crippen molar-refractivity contribution in [2.24, 2.45) is 0 Å². The molecule has 0 atom stereocenters. The number of aromatic nitrogens is 3. The molecular weight excluding hydrogens is 332 g/mol. The number of carbonyl (C=O) groups is 1. The molecule has 0 bridgehead atoms. The number of benzene rings is 1. The van der Waals surface area contributed by atoms with E-state index in [9.17, 15) is 9.59 Å². The number of hydrogen-bond donors (Lipinski definition) is 2. The zero-order chi connectivity index (χ0) is 17.5. The first-order valence-electron chi connectivity index (χ1n) is 7.89. The average Bonchev–Trinajstić information content (AvgIpc) is 2.86. The summed E-state index contributed by atoms with van der Waals surface area (Å²) in [5.41, 5.74) is 0.235. The molecule has 24 heavy (non-hydrogen) atoms. The molecule has 2 rings (SSSR count). The van der Waals surface area contributed by atoms with Crippen LogP contribution in [-0.4, -0.2) is 38.5 Å². The minimum atomic E-state index is -0.363. The van der Waals surface area contributed by atoms with Gasteiger partial charge >= 0.3 is 5.69 Å². The molecule has 1 aromatic heterocycles. The number of nitrogens with one attached hydrogen (secondary N) is 1. The van der Waals surface area contributed by atoms with Crippen LogP contribution < -0.4 is 11.0 Å². The van der Waals surface area contributed by atoms with Crippen LogP contribution in [0.5, 0.6) is 0 Å². The lowest BCUT2D eigenvalue weighted by Gasteiger charge is -2.06. The molecule has 0 radical (unpaired) electrons. The first-order chi connectivity index (χ1) is 11.6. The standard InChI is InChI=1S/C16H21ClN4O3/c1-2-4-14-19-21(13-7-5-12(17)6-8-13)16(24)20(14)11-15(23)18-9-3-10-22/h5-8,22H,2-4,9-11H2,1H3,(H,18,23). The van der Waals surface area contributed by atoms with Crippen molar-refractivity contribution in [1.29, 1.82) is 0 Å². The fraction of sp³-hybridized carbons (Fsp3) is 0.438. The number of aliphatic hydroxyl groups excluding tert-OH is 1. The molecule has 0 unspecified atom stereocenters. The van der Waals surface area contributed by atoms with E-state index in [1.54, 1.807) is 24.3 Å². The van der Waals surface area contributed by atoms with Crippen molar-refractivity contribution in [2.45, 2.75) is 32.7 Å². The summed E-state index contributed by atoms with van der Waals surface area (Å²) in [5.74, 6) is 0.285. The Labute approximate surface area is 144 Å². The number of aliphatic hydroxyl groups is 1. The third kappa shape index (κ3) is 4.46. The van der Waals surface area contributed by atoms with Crippen molar-refractivity contribution in [2.75, 3.05) is 13.2 Å². The van der Waals surface area contributed by atoms with Gasteiger partial charge in [-0.2, -0.15) is 4.68 Å². The van der Waals surface area contributed by atoms with Gasteiger partial charge in [0.15, 0.2) is 0 Å². The van der Waals surface area contributed by atoms with E-state index in [2.05, 4.69) is 10.4 Å². The fourth-order valence-corrected chi connectivity index (χ4v) is 2.39. The zero-order valence-corrected chi connectivity index (χ0v) is 14.3. The van der Waals surface area contributed by atoms with Crippen LogP contribution in [0.2, 0.25) is 5.02 Å². The van der Waals surface area contributed by atoms with Crippen molar-refractivity contribution >= 4 is 17.5 Å². The molecule has 2 aromatic rings. The summed E-state index contributed by atoms with van der Waals surface area (Å²) < 4.78 is 2.66. The molecule has 7 nitrogen and oxygen atoms in total.